The molecule has 198 valence electrons. The molecule has 37 heavy (non-hydrogen) atoms. The number of rotatable bonds is 9. The molecule has 0 saturated carbocycles. The number of piperidine rings is 1. The SMILES string of the molecule is COc1ccc(S(=O)(=O)NC(C)C)cc1NC(=O)C1CCCN(Cc2nc(-c3cccc(Br)c3)no2)C1. The largest absolute Gasteiger partial charge is 0.495 e. The van der Waals surface area contributed by atoms with E-state index in [1.54, 1.807) is 13.8 Å². The Morgan fingerprint density at radius 3 is 2.81 bits per heavy atom. The van der Waals surface area contributed by atoms with Crippen molar-refractivity contribution in [1.82, 2.24) is 19.8 Å². The van der Waals surface area contributed by atoms with Gasteiger partial charge in [-0.05, 0) is 63.6 Å². The number of methoxy groups -OCH3 is 1. The molecule has 12 heteroatoms. The lowest BCUT2D eigenvalue weighted by Gasteiger charge is -2.31. The standard InChI is InChI=1S/C25H30BrN5O5S/c1-16(2)30-37(33,34)20-9-10-22(35-3)21(13-20)27-25(32)18-7-5-11-31(14-18)15-23-28-24(29-36-23)17-6-4-8-19(26)12-17/h4,6,8-10,12-13,16,18,30H,5,7,11,14-15H2,1-3H3,(H,27,32). The molecule has 10 nitrogen and oxygen atoms in total. The highest BCUT2D eigenvalue weighted by molar-refractivity contribution is 9.10. The number of nitrogens with zero attached hydrogens (tertiary/aromatic N) is 3. The summed E-state index contributed by atoms with van der Waals surface area (Å²) in [5.41, 5.74) is 1.16. The van der Waals surface area contributed by atoms with Crippen LogP contribution in [0.3, 0.4) is 0 Å². The van der Waals surface area contributed by atoms with Gasteiger partial charge in [0.25, 0.3) is 0 Å². The summed E-state index contributed by atoms with van der Waals surface area (Å²) >= 11 is 3.45. The van der Waals surface area contributed by atoms with Crippen LogP contribution in [0, 0.1) is 5.92 Å². The zero-order valence-electron chi connectivity index (χ0n) is 20.9. The van der Waals surface area contributed by atoms with E-state index in [-0.39, 0.29) is 22.8 Å². The Bertz CT molecular complexity index is 1360. The second-order valence-electron chi connectivity index (χ2n) is 9.22. The topological polar surface area (TPSA) is 127 Å². The average Bonchev–Trinajstić information content (AvgIpc) is 3.32. The molecule has 0 spiro atoms. The van der Waals surface area contributed by atoms with Crippen LogP contribution in [0.5, 0.6) is 5.75 Å². The van der Waals surface area contributed by atoms with Crippen molar-refractivity contribution in [2.45, 2.75) is 44.2 Å². The molecule has 1 aromatic heterocycles. The number of hydrogen-bond acceptors (Lipinski definition) is 8. The Balaban J connectivity index is 1.42. The first-order valence-electron chi connectivity index (χ1n) is 12.0. The highest BCUT2D eigenvalue weighted by Gasteiger charge is 2.28. The van der Waals surface area contributed by atoms with E-state index in [4.69, 9.17) is 9.26 Å². The number of sulfonamides is 1. The minimum Gasteiger partial charge on any atom is -0.495 e. The molecule has 0 bridgehead atoms. The summed E-state index contributed by atoms with van der Waals surface area (Å²) in [6.45, 7) is 5.23. The maximum atomic E-state index is 13.2. The number of amides is 1. The van der Waals surface area contributed by atoms with E-state index in [0.29, 0.717) is 42.7 Å². The van der Waals surface area contributed by atoms with E-state index < -0.39 is 10.0 Å². The van der Waals surface area contributed by atoms with E-state index in [2.05, 4.69) is 41.0 Å². The molecule has 2 heterocycles. The molecule has 1 fully saturated rings. The molecular weight excluding hydrogens is 562 g/mol. The maximum absolute atomic E-state index is 13.2. The van der Waals surface area contributed by atoms with Gasteiger partial charge < -0.3 is 14.6 Å². The van der Waals surface area contributed by atoms with Crippen molar-refractivity contribution in [3.63, 3.8) is 0 Å². The first-order valence-corrected chi connectivity index (χ1v) is 14.2. The van der Waals surface area contributed by atoms with Crippen LogP contribution in [0.15, 0.2) is 56.4 Å². The molecule has 2 aromatic carbocycles. The zero-order valence-corrected chi connectivity index (χ0v) is 23.3. The molecule has 1 aliphatic heterocycles. The molecule has 1 saturated heterocycles. The van der Waals surface area contributed by atoms with Crippen molar-refractivity contribution in [1.29, 1.82) is 0 Å². The van der Waals surface area contributed by atoms with Crippen molar-refractivity contribution in [3.8, 4) is 17.1 Å². The Morgan fingerprint density at radius 1 is 1.27 bits per heavy atom. The van der Waals surface area contributed by atoms with Gasteiger partial charge in [0.15, 0.2) is 0 Å². The molecule has 2 N–H and O–H groups in total. The van der Waals surface area contributed by atoms with Crippen LogP contribution in [0.25, 0.3) is 11.4 Å². The lowest BCUT2D eigenvalue weighted by Crippen LogP contribution is -2.40. The summed E-state index contributed by atoms with van der Waals surface area (Å²) in [4.78, 5) is 19.9. The summed E-state index contributed by atoms with van der Waals surface area (Å²) in [7, 11) is -2.25. The van der Waals surface area contributed by atoms with Crippen LogP contribution in [0.1, 0.15) is 32.6 Å². The first-order chi connectivity index (χ1) is 17.6. The number of halogens is 1. The molecule has 1 aliphatic rings. The van der Waals surface area contributed by atoms with Gasteiger partial charge in [-0.3, -0.25) is 9.69 Å². The third kappa shape index (κ3) is 6.95. The van der Waals surface area contributed by atoms with Gasteiger partial charge in [0.05, 0.1) is 30.2 Å². The van der Waals surface area contributed by atoms with Gasteiger partial charge in [-0.1, -0.05) is 33.2 Å². The van der Waals surface area contributed by atoms with Crippen LogP contribution in [0.2, 0.25) is 0 Å². The first kappa shape index (κ1) is 27.2. The van der Waals surface area contributed by atoms with E-state index in [1.165, 1.54) is 25.3 Å². The number of ether oxygens (including phenoxy) is 1. The summed E-state index contributed by atoms with van der Waals surface area (Å²) in [5.74, 6) is 0.884. The van der Waals surface area contributed by atoms with Gasteiger partial charge >= 0.3 is 0 Å². The predicted molar refractivity (Wildman–Crippen MR) is 143 cm³/mol. The van der Waals surface area contributed by atoms with Crippen LogP contribution >= 0.6 is 15.9 Å². The lowest BCUT2D eigenvalue weighted by molar-refractivity contribution is -0.121. The molecule has 3 aromatic rings. The van der Waals surface area contributed by atoms with Crippen molar-refractivity contribution >= 4 is 37.5 Å². The van der Waals surface area contributed by atoms with Crippen molar-refractivity contribution < 1.29 is 22.5 Å². The summed E-state index contributed by atoms with van der Waals surface area (Å²) < 4.78 is 39.5. The van der Waals surface area contributed by atoms with Gasteiger partial charge in [0.2, 0.25) is 27.6 Å². The van der Waals surface area contributed by atoms with E-state index >= 15 is 0 Å². The summed E-state index contributed by atoms with van der Waals surface area (Å²) in [5, 5.41) is 6.96. The highest BCUT2D eigenvalue weighted by Crippen LogP contribution is 2.29. The van der Waals surface area contributed by atoms with Crippen molar-refractivity contribution in [2.24, 2.45) is 5.92 Å². The highest BCUT2D eigenvalue weighted by atomic mass is 79.9. The summed E-state index contributed by atoms with van der Waals surface area (Å²) in [6, 6.07) is 11.8. The fourth-order valence-corrected chi connectivity index (χ4v) is 5.91. The van der Waals surface area contributed by atoms with E-state index in [1.807, 2.05) is 24.3 Å². The van der Waals surface area contributed by atoms with Crippen LogP contribution in [-0.2, 0) is 21.4 Å². The maximum Gasteiger partial charge on any atom is 0.241 e. The number of hydrogen-bond donors (Lipinski definition) is 2. The Hall–Kier alpha value is -2.80. The number of carbonyl (C=O) groups excluding carboxylic acids is 1. The van der Waals surface area contributed by atoms with Gasteiger partial charge in [-0.25, -0.2) is 13.1 Å². The third-order valence-corrected chi connectivity index (χ3v) is 8.07. The number of benzene rings is 2. The van der Waals surface area contributed by atoms with Gasteiger partial charge in [0, 0.05) is 22.6 Å². The van der Waals surface area contributed by atoms with E-state index in [9.17, 15) is 13.2 Å². The molecule has 1 unspecified atom stereocenters. The number of likely N-dealkylation sites (tertiary alicyclic amines) is 1. The van der Waals surface area contributed by atoms with Gasteiger partial charge in [0.1, 0.15) is 5.75 Å². The molecule has 0 radical (unpaired) electrons. The number of anilines is 1. The molecular formula is C25H30BrN5O5S. The van der Waals surface area contributed by atoms with Crippen LogP contribution in [-0.4, -0.2) is 55.6 Å². The molecule has 4 rings (SSSR count). The number of carbonyl (C=O) groups is 1. The third-order valence-electron chi connectivity index (χ3n) is 5.92. The Morgan fingerprint density at radius 2 is 2.08 bits per heavy atom. The number of nitrogens with one attached hydrogen (secondary N) is 2. The van der Waals surface area contributed by atoms with Gasteiger partial charge in [-0.2, -0.15) is 4.98 Å². The second-order valence-corrected chi connectivity index (χ2v) is 11.9. The smallest absolute Gasteiger partial charge is 0.241 e. The van der Waals surface area contributed by atoms with Gasteiger partial charge in [-0.15, -0.1) is 0 Å². The molecule has 1 atom stereocenters. The summed E-state index contributed by atoms with van der Waals surface area (Å²) in [6.07, 6.45) is 1.54. The van der Waals surface area contributed by atoms with Crippen LogP contribution in [0.4, 0.5) is 5.69 Å². The molecule has 1 amide bonds. The zero-order chi connectivity index (χ0) is 26.6. The molecule has 0 aliphatic carbocycles. The minimum absolute atomic E-state index is 0.0558. The van der Waals surface area contributed by atoms with Crippen molar-refractivity contribution in [2.75, 3.05) is 25.5 Å². The average molecular weight is 593 g/mol. The second kappa shape index (κ2) is 11.7. The normalized spacial score (nSPS) is 16.6. The quantitative estimate of drug-likeness (QED) is 0.381. The fraction of sp³-hybridized carbons (Fsp3) is 0.400. The van der Waals surface area contributed by atoms with Crippen LogP contribution < -0.4 is 14.8 Å². The minimum atomic E-state index is -3.72. The monoisotopic (exact) mass is 591 g/mol. The van der Waals surface area contributed by atoms with Crippen molar-refractivity contribution in [3.05, 3.63) is 52.8 Å². The fourth-order valence-electron chi connectivity index (χ4n) is 4.23. The van der Waals surface area contributed by atoms with E-state index in [0.717, 1.165) is 23.0 Å². The number of aromatic nitrogens is 2. The Kier molecular flexibility index (Phi) is 8.63. The Labute approximate surface area is 225 Å². The lowest BCUT2D eigenvalue weighted by atomic mass is 9.97. The predicted octanol–water partition coefficient (Wildman–Crippen LogP) is 4.05.